The van der Waals surface area contributed by atoms with E-state index in [0.717, 1.165) is 30.8 Å². The molecule has 31 heavy (non-hydrogen) atoms. The highest BCUT2D eigenvalue weighted by Gasteiger charge is 2.40. The summed E-state index contributed by atoms with van der Waals surface area (Å²) >= 11 is 1.77. The molecule has 0 spiro atoms. The number of hydrogen-bond donors (Lipinski definition) is 2. The van der Waals surface area contributed by atoms with E-state index in [-0.39, 0.29) is 30.3 Å². The number of carbonyl (C=O) groups excluding carboxylic acids is 2. The lowest BCUT2D eigenvalue weighted by atomic mass is 9.66. The van der Waals surface area contributed by atoms with Crippen LogP contribution in [-0.2, 0) is 15.3 Å². The lowest BCUT2D eigenvalue weighted by molar-refractivity contribution is -0.123. The van der Waals surface area contributed by atoms with Gasteiger partial charge in [0.05, 0.1) is 24.7 Å². The van der Waals surface area contributed by atoms with E-state index in [9.17, 15) is 14.7 Å². The van der Waals surface area contributed by atoms with Crippen molar-refractivity contribution < 1.29 is 19.4 Å². The number of rotatable bonds is 12. The van der Waals surface area contributed by atoms with Gasteiger partial charge in [-0.2, -0.15) is 11.8 Å². The molecule has 3 rings (SSSR count). The molecule has 0 aromatic heterocycles. The largest absolute Gasteiger partial charge is 0.462 e. The number of carbonyl (C=O) groups is 2. The van der Waals surface area contributed by atoms with Crippen molar-refractivity contribution in [2.75, 3.05) is 18.9 Å². The van der Waals surface area contributed by atoms with Gasteiger partial charge < -0.3 is 15.2 Å². The Labute approximate surface area is 188 Å². The quantitative estimate of drug-likeness (QED) is 0.381. The maximum atomic E-state index is 12.2. The fourth-order valence-corrected chi connectivity index (χ4v) is 4.66. The molecule has 1 fully saturated rings. The van der Waals surface area contributed by atoms with Crippen LogP contribution in [0.3, 0.4) is 0 Å². The summed E-state index contributed by atoms with van der Waals surface area (Å²) in [5, 5.41) is 13.3. The number of hydrogen-bond acceptors (Lipinski definition) is 5. The average Bonchev–Trinajstić information content (AvgIpc) is 2.76. The highest BCUT2D eigenvalue weighted by atomic mass is 32.2. The third kappa shape index (κ3) is 7.71. The molecule has 1 amide bonds. The second-order valence-corrected chi connectivity index (χ2v) is 9.35. The molecule has 6 heteroatoms. The zero-order valence-corrected chi connectivity index (χ0v) is 18.6. The molecular weight excluding hydrogens is 410 g/mol. The van der Waals surface area contributed by atoms with Crippen LogP contribution in [0.5, 0.6) is 0 Å². The number of nitrogens with one attached hydrogen (secondary N) is 1. The summed E-state index contributed by atoms with van der Waals surface area (Å²) in [4.78, 5) is 24.4. The van der Waals surface area contributed by atoms with Crippen LogP contribution in [0.4, 0.5) is 0 Å². The molecule has 2 aromatic carbocycles. The molecule has 1 aliphatic carbocycles. The first-order valence-corrected chi connectivity index (χ1v) is 12.0. The van der Waals surface area contributed by atoms with E-state index < -0.39 is 6.10 Å². The Morgan fingerprint density at radius 3 is 2.39 bits per heavy atom. The zero-order chi connectivity index (χ0) is 21.9. The molecule has 0 heterocycles. The molecule has 1 saturated carbocycles. The van der Waals surface area contributed by atoms with Gasteiger partial charge in [0.1, 0.15) is 0 Å². The maximum Gasteiger partial charge on any atom is 0.338 e. The van der Waals surface area contributed by atoms with Crippen LogP contribution in [0.2, 0.25) is 0 Å². The maximum absolute atomic E-state index is 12.2. The monoisotopic (exact) mass is 441 g/mol. The van der Waals surface area contributed by atoms with Crippen LogP contribution in [0.15, 0.2) is 60.7 Å². The predicted octanol–water partition coefficient (Wildman–Crippen LogP) is 4.20. The minimum absolute atomic E-state index is 0.0811. The highest BCUT2D eigenvalue weighted by molar-refractivity contribution is 7.98. The second-order valence-electron chi connectivity index (χ2n) is 8.25. The minimum Gasteiger partial charge on any atom is -0.462 e. The molecule has 5 nitrogen and oxygen atoms in total. The summed E-state index contributed by atoms with van der Waals surface area (Å²) in [6.07, 6.45) is 2.70. The number of amides is 1. The van der Waals surface area contributed by atoms with E-state index in [1.165, 1.54) is 5.56 Å². The average molecular weight is 442 g/mol. The number of aliphatic hydroxyl groups excluding tert-OH is 1. The van der Waals surface area contributed by atoms with Crippen molar-refractivity contribution in [1.82, 2.24) is 5.32 Å². The number of esters is 1. The molecule has 0 saturated heterocycles. The predicted molar refractivity (Wildman–Crippen MR) is 124 cm³/mol. The Balaban J connectivity index is 1.33. The first-order valence-electron chi connectivity index (χ1n) is 10.8. The van der Waals surface area contributed by atoms with Gasteiger partial charge in [0.15, 0.2) is 0 Å². The van der Waals surface area contributed by atoms with Crippen molar-refractivity contribution in [3.8, 4) is 0 Å². The van der Waals surface area contributed by atoms with Crippen LogP contribution >= 0.6 is 11.8 Å². The summed E-state index contributed by atoms with van der Waals surface area (Å²) in [5.74, 6) is 1.27. The molecule has 1 atom stereocenters. The first-order chi connectivity index (χ1) is 15.1. The van der Waals surface area contributed by atoms with E-state index >= 15 is 0 Å². The van der Waals surface area contributed by atoms with E-state index in [1.807, 2.05) is 24.3 Å². The van der Waals surface area contributed by atoms with E-state index in [4.69, 9.17) is 4.74 Å². The Kier molecular flexibility index (Phi) is 8.98. The third-order valence-electron chi connectivity index (χ3n) is 5.70. The van der Waals surface area contributed by atoms with E-state index in [2.05, 4.69) is 17.4 Å². The minimum atomic E-state index is -0.729. The van der Waals surface area contributed by atoms with Gasteiger partial charge in [-0.15, -0.1) is 0 Å². The van der Waals surface area contributed by atoms with Crippen molar-refractivity contribution in [1.29, 1.82) is 0 Å². The van der Waals surface area contributed by atoms with Crippen molar-refractivity contribution in [3.05, 3.63) is 71.8 Å². The zero-order valence-electron chi connectivity index (χ0n) is 17.8. The standard InChI is InChI=1S/C25H31NO4S/c27-22(16-23(28)26-14-15-31-18-20-8-3-1-4-9-20)17-25(12-7-13-25)19-30-24(29)21-10-5-2-6-11-21/h1-6,8-11,22,27H,7,12-19H2,(H,26,28). The number of thioether (sulfide) groups is 1. The summed E-state index contributed by atoms with van der Waals surface area (Å²) < 4.78 is 5.52. The first kappa shape index (κ1) is 23.4. The van der Waals surface area contributed by atoms with Crippen molar-refractivity contribution in [3.63, 3.8) is 0 Å². The Hall–Kier alpha value is -2.31. The van der Waals surface area contributed by atoms with Gasteiger partial charge in [-0.25, -0.2) is 4.79 Å². The summed E-state index contributed by atoms with van der Waals surface area (Å²) in [6, 6.07) is 19.2. The van der Waals surface area contributed by atoms with Crippen molar-refractivity contribution in [2.45, 2.75) is 44.0 Å². The Morgan fingerprint density at radius 2 is 1.74 bits per heavy atom. The van der Waals surface area contributed by atoms with Crippen LogP contribution in [-0.4, -0.2) is 42.0 Å². The summed E-state index contributed by atoms with van der Waals surface area (Å²) in [7, 11) is 0. The van der Waals surface area contributed by atoms with Crippen LogP contribution < -0.4 is 5.32 Å². The van der Waals surface area contributed by atoms with Crippen molar-refractivity contribution in [2.24, 2.45) is 5.41 Å². The van der Waals surface area contributed by atoms with Gasteiger partial charge in [-0.1, -0.05) is 55.0 Å². The van der Waals surface area contributed by atoms with Gasteiger partial charge in [0.25, 0.3) is 0 Å². The SMILES string of the molecule is O=C(CC(O)CC1(COC(=O)c2ccccc2)CCC1)NCCSCc1ccccc1. The van der Waals surface area contributed by atoms with Crippen molar-refractivity contribution >= 4 is 23.6 Å². The van der Waals surface area contributed by atoms with Crippen LogP contribution in [0.1, 0.15) is 48.0 Å². The fraction of sp³-hybridized carbons (Fsp3) is 0.440. The number of aliphatic hydroxyl groups is 1. The van der Waals surface area contributed by atoms with Crippen LogP contribution in [0.25, 0.3) is 0 Å². The fourth-order valence-electron chi connectivity index (χ4n) is 3.85. The molecule has 2 aromatic rings. The summed E-state index contributed by atoms with van der Waals surface area (Å²) in [6.45, 7) is 0.873. The molecule has 0 bridgehead atoms. The smallest absolute Gasteiger partial charge is 0.338 e. The molecule has 1 aliphatic rings. The third-order valence-corrected chi connectivity index (χ3v) is 6.73. The molecule has 0 aliphatic heterocycles. The lowest BCUT2D eigenvalue weighted by Gasteiger charge is -2.42. The second kappa shape index (κ2) is 11.9. The van der Waals surface area contributed by atoms with Gasteiger partial charge in [-0.3, -0.25) is 4.79 Å². The lowest BCUT2D eigenvalue weighted by Crippen LogP contribution is -2.40. The molecule has 166 valence electrons. The van der Waals surface area contributed by atoms with Gasteiger partial charge >= 0.3 is 5.97 Å². The van der Waals surface area contributed by atoms with Crippen LogP contribution in [0, 0.1) is 5.41 Å². The number of benzene rings is 2. The highest BCUT2D eigenvalue weighted by Crippen LogP contribution is 2.45. The number of ether oxygens (including phenoxy) is 1. The Bertz CT molecular complexity index is 824. The molecule has 0 radical (unpaired) electrons. The molecule has 1 unspecified atom stereocenters. The Morgan fingerprint density at radius 1 is 1.06 bits per heavy atom. The van der Waals surface area contributed by atoms with Gasteiger partial charge in [0, 0.05) is 23.5 Å². The molecular formula is C25H31NO4S. The van der Waals surface area contributed by atoms with Gasteiger partial charge in [0.2, 0.25) is 5.91 Å². The summed E-state index contributed by atoms with van der Waals surface area (Å²) in [5.41, 5.74) is 1.59. The molecule has 2 N–H and O–H groups in total. The van der Waals surface area contributed by atoms with Gasteiger partial charge in [-0.05, 0) is 37.0 Å². The normalized spacial score (nSPS) is 15.5. The van der Waals surface area contributed by atoms with E-state index in [1.54, 1.807) is 36.0 Å². The topological polar surface area (TPSA) is 75.6 Å². The van der Waals surface area contributed by atoms with E-state index in [0.29, 0.717) is 18.5 Å².